The molecule has 2 rings (SSSR count). The SMILES string of the molecule is CSCCC(NC(=O)C(N)CCC(=O)O)C(=O)NC(CCC(N)=O)C(=O)NC(Cc1c[nH]c2ccccc12)C(=O)O. The number of hydrogen-bond acceptors (Lipinski definition) is 8. The number of benzene rings is 1. The van der Waals surface area contributed by atoms with E-state index in [1.807, 2.05) is 18.2 Å². The van der Waals surface area contributed by atoms with Crippen LogP contribution in [0.25, 0.3) is 10.9 Å². The number of hydrogen-bond donors (Lipinski definition) is 8. The van der Waals surface area contributed by atoms with Crippen molar-refractivity contribution in [3.8, 4) is 0 Å². The number of para-hydroxylation sites is 1. The summed E-state index contributed by atoms with van der Waals surface area (Å²) >= 11 is 1.40. The topological polar surface area (TPSA) is 247 Å². The molecule has 4 unspecified atom stereocenters. The molecule has 0 fully saturated rings. The third-order valence-electron chi connectivity index (χ3n) is 6.28. The van der Waals surface area contributed by atoms with Crippen molar-refractivity contribution >= 4 is 58.2 Å². The molecule has 14 nitrogen and oxygen atoms in total. The number of aromatic amines is 1. The summed E-state index contributed by atoms with van der Waals surface area (Å²) in [6.07, 6.45) is 2.57. The van der Waals surface area contributed by atoms with Gasteiger partial charge in [-0.3, -0.25) is 24.0 Å². The van der Waals surface area contributed by atoms with Gasteiger partial charge < -0.3 is 42.6 Å². The van der Waals surface area contributed by atoms with Gasteiger partial charge in [-0.15, -0.1) is 0 Å². The fourth-order valence-corrected chi connectivity index (χ4v) is 4.49. The summed E-state index contributed by atoms with van der Waals surface area (Å²) in [5.41, 5.74) is 12.5. The Morgan fingerprint density at radius 2 is 1.49 bits per heavy atom. The first kappa shape index (κ1) is 33.1. The van der Waals surface area contributed by atoms with Gasteiger partial charge in [0, 0.05) is 36.4 Å². The molecule has 0 bridgehead atoms. The quantitative estimate of drug-likeness (QED) is 0.110. The molecule has 0 aliphatic carbocycles. The summed E-state index contributed by atoms with van der Waals surface area (Å²) in [5, 5.41) is 26.8. The van der Waals surface area contributed by atoms with Gasteiger partial charge in [0.15, 0.2) is 0 Å². The zero-order valence-electron chi connectivity index (χ0n) is 22.6. The molecule has 0 spiro atoms. The first-order valence-electron chi connectivity index (χ1n) is 12.9. The number of H-pyrrole nitrogens is 1. The lowest BCUT2D eigenvalue weighted by molar-refractivity contribution is -0.142. The molecule has 10 N–H and O–H groups in total. The third-order valence-corrected chi connectivity index (χ3v) is 6.92. The molecule has 0 saturated carbocycles. The van der Waals surface area contributed by atoms with Crippen LogP contribution in [0.5, 0.6) is 0 Å². The number of carbonyl (C=O) groups is 6. The second-order valence-electron chi connectivity index (χ2n) is 9.41. The first-order chi connectivity index (χ1) is 19.4. The monoisotopic (exact) mass is 592 g/mol. The number of amides is 4. The molecule has 0 radical (unpaired) electrons. The molecule has 1 aromatic carbocycles. The number of rotatable bonds is 18. The van der Waals surface area contributed by atoms with E-state index in [2.05, 4.69) is 20.9 Å². The van der Waals surface area contributed by atoms with Crippen LogP contribution in [0.3, 0.4) is 0 Å². The van der Waals surface area contributed by atoms with Gasteiger partial charge in [0.2, 0.25) is 23.6 Å². The normalized spacial score (nSPS) is 13.9. The van der Waals surface area contributed by atoms with E-state index < -0.39 is 59.7 Å². The van der Waals surface area contributed by atoms with Gasteiger partial charge in [-0.2, -0.15) is 11.8 Å². The highest BCUT2D eigenvalue weighted by molar-refractivity contribution is 7.98. The van der Waals surface area contributed by atoms with Crippen LogP contribution in [0.15, 0.2) is 30.5 Å². The Morgan fingerprint density at radius 3 is 2.10 bits per heavy atom. The molecule has 4 atom stereocenters. The maximum atomic E-state index is 13.2. The van der Waals surface area contributed by atoms with E-state index in [0.29, 0.717) is 11.3 Å². The fraction of sp³-hybridized carbons (Fsp3) is 0.462. The molecule has 0 saturated heterocycles. The van der Waals surface area contributed by atoms with Crippen LogP contribution < -0.4 is 27.4 Å². The Hall–Kier alpha value is -4.11. The number of carboxylic acids is 2. The molecule has 0 aliphatic rings. The average Bonchev–Trinajstić information content (AvgIpc) is 3.33. The van der Waals surface area contributed by atoms with Gasteiger partial charge in [-0.1, -0.05) is 18.2 Å². The zero-order valence-corrected chi connectivity index (χ0v) is 23.4. The Morgan fingerprint density at radius 1 is 0.878 bits per heavy atom. The molecule has 41 heavy (non-hydrogen) atoms. The van der Waals surface area contributed by atoms with Crippen LogP contribution >= 0.6 is 11.8 Å². The highest BCUT2D eigenvalue weighted by Crippen LogP contribution is 2.19. The summed E-state index contributed by atoms with van der Waals surface area (Å²) in [7, 11) is 0. The van der Waals surface area contributed by atoms with E-state index in [1.165, 1.54) is 11.8 Å². The van der Waals surface area contributed by atoms with Crippen LogP contribution in [0, 0.1) is 0 Å². The third kappa shape index (κ3) is 10.8. The number of nitrogens with two attached hydrogens (primary N) is 2. The van der Waals surface area contributed by atoms with Gasteiger partial charge in [0.25, 0.3) is 0 Å². The predicted molar refractivity (Wildman–Crippen MR) is 152 cm³/mol. The van der Waals surface area contributed by atoms with Crippen molar-refractivity contribution in [3.05, 3.63) is 36.0 Å². The molecule has 1 heterocycles. The number of carbonyl (C=O) groups excluding carboxylic acids is 4. The number of thioether (sulfide) groups is 1. The van der Waals surface area contributed by atoms with Gasteiger partial charge >= 0.3 is 11.9 Å². The van der Waals surface area contributed by atoms with Crippen molar-refractivity contribution in [1.82, 2.24) is 20.9 Å². The number of aliphatic carboxylic acids is 2. The van der Waals surface area contributed by atoms with Gasteiger partial charge in [-0.05, 0) is 42.9 Å². The van der Waals surface area contributed by atoms with E-state index in [-0.39, 0.29) is 38.5 Å². The number of fused-ring (bicyclic) bond motifs is 1. The zero-order chi connectivity index (χ0) is 30.5. The summed E-state index contributed by atoms with van der Waals surface area (Å²) in [6, 6.07) is 2.27. The van der Waals surface area contributed by atoms with Crippen LogP contribution in [-0.4, -0.2) is 86.9 Å². The Bertz CT molecular complexity index is 1250. The van der Waals surface area contributed by atoms with Crippen molar-refractivity contribution in [2.24, 2.45) is 11.5 Å². The van der Waals surface area contributed by atoms with E-state index >= 15 is 0 Å². The minimum absolute atomic E-state index is 0.0534. The molecule has 15 heteroatoms. The second-order valence-corrected chi connectivity index (χ2v) is 10.4. The number of nitrogens with one attached hydrogen (secondary N) is 4. The van der Waals surface area contributed by atoms with Crippen molar-refractivity contribution in [1.29, 1.82) is 0 Å². The van der Waals surface area contributed by atoms with Crippen LogP contribution in [0.2, 0.25) is 0 Å². The maximum absolute atomic E-state index is 13.2. The minimum Gasteiger partial charge on any atom is -0.481 e. The summed E-state index contributed by atoms with van der Waals surface area (Å²) in [5.74, 6) is -5.06. The highest BCUT2D eigenvalue weighted by atomic mass is 32.2. The van der Waals surface area contributed by atoms with E-state index in [4.69, 9.17) is 16.6 Å². The van der Waals surface area contributed by atoms with Crippen molar-refractivity contribution < 1.29 is 39.0 Å². The van der Waals surface area contributed by atoms with E-state index in [9.17, 15) is 33.9 Å². The second kappa shape index (κ2) is 16.2. The summed E-state index contributed by atoms with van der Waals surface area (Å²) in [6.45, 7) is 0. The van der Waals surface area contributed by atoms with Crippen LogP contribution in [0.4, 0.5) is 0 Å². The Kier molecular flexibility index (Phi) is 13.1. The van der Waals surface area contributed by atoms with Gasteiger partial charge in [-0.25, -0.2) is 4.79 Å². The van der Waals surface area contributed by atoms with E-state index in [0.717, 1.165) is 10.9 Å². The molecule has 1 aromatic heterocycles. The smallest absolute Gasteiger partial charge is 0.326 e. The van der Waals surface area contributed by atoms with Crippen LogP contribution in [0.1, 0.15) is 37.7 Å². The molecular weight excluding hydrogens is 556 g/mol. The highest BCUT2D eigenvalue weighted by Gasteiger charge is 2.31. The molecule has 2 aromatic rings. The average molecular weight is 593 g/mol. The Balaban J connectivity index is 2.17. The number of primary amides is 1. The lowest BCUT2D eigenvalue weighted by Crippen LogP contribution is -2.57. The van der Waals surface area contributed by atoms with Gasteiger partial charge in [0.05, 0.1) is 6.04 Å². The van der Waals surface area contributed by atoms with Crippen LogP contribution in [-0.2, 0) is 35.2 Å². The minimum atomic E-state index is -1.35. The maximum Gasteiger partial charge on any atom is 0.326 e. The van der Waals surface area contributed by atoms with E-state index in [1.54, 1.807) is 18.5 Å². The van der Waals surface area contributed by atoms with Crippen molar-refractivity contribution in [3.63, 3.8) is 0 Å². The molecule has 224 valence electrons. The molecular formula is C26H36N6O8S. The number of aromatic nitrogens is 1. The Labute approximate surface area is 240 Å². The number of carboxylic acid groups (broad SMARTS) is 2. The standard InChI is InChI=1S/C26H36N6O8S/c1-41-11-10-19(30-23(36)16(27)6-9-22(34)35)25(38)31-18(7-8-21(28)33)24(37)32-20(26(39)40)12-14-13-29-17-5-3-2-4-15(14)17/h2-5,13,16,18-20,29H,6-12,27H2,1H3,(H2,28,33)(H,30,36)(H,31,38)(H,32,37)(H,34,35)(H,39,40). The first-order valence-corrected chi connectivity index (χ1v) is 14.3. The fourth-order valence-electron chi connectivity index (χ4n) is 4.01. The summed E-state index contributed by atoms with van der Waals surface area (Å²) in [4.78, 5) is 76.2. The van der Waals surface area contributed by atoms with Crippen molar-refractivity contribution in [2.75, 3.05) is 12.0 Å². The van der Waals surface area contributed by atoms with Crippen molar-refractivity contribution in [2.45, 2.75) is 62.7 Å². The molecule has 0 aliphatic heterocycles. The largest absolute Gasteiger partial charge is 0.481 e. The van der Waals surface area contributed by atoms with Gasteiger partial charge in [0.1, 0.15) is 18.1 Å². The lowest BCUT2D eigenvalue weighted by Gasteiger charge is -2.25. The lowest BCUT2D eigenvalue weighted by atomic mass is 10.0. The molecule has 4 amide bonds. The summed E-state index contributed by atoms with van der Waals surface area (Å²) < 4.78 is 0. The predicted octanol–water partition coefficient (Wildman–Crippen LogP) is -0.540.